The second-order valence-corrected chi connectivity index (χ2v) is 6.98. The van der Waals surface area contributed by atoms with E-state index in [9.17, 15) is 4.79 Å². The van der Waals surface area contributed by atoms with Gasteiger partial charge < -0.3 is 19.4 Å². The van der Waals surface area contributed by atoms with E-state index in [0.29, 0.717) is 11.0 Å². The van der Waals surface area contributed by atoms with Crippen molar-refractivity contribution in [1.29, 1.82) is 0 Å². The number of ether oxygens (including phenoxy) is 2. The van der Waals surface area contributed by atoms with E-state index < -0.39 is 0 Å². The van der Waals surface area contributed by atoms with Gasteiger partial charge in [-0.1, -0.05) is 30.0 Å². The Morgan fingerprint density at radius 2 is 1.82 bits per heavy atom. The molecule has 7 nitrogen and oxygen atoms in total. The molecular formula is C20H22N4O3S. The maximum absolute atomic E-state index is 12.2. The van der Waals surface area contributed by atoms with Crippen LogP contribution in [0.25, 0.3) is 0 Å². The molecule has 1 atom stereocenters. The first kappa shape index (κ1) is 19.8. The molecule has 0 saturated carbocycles. The van der Waals surface area contributed by atoms with Crippen molar-refractivity contribution < 1.29 is 14.3 Å². The largest absolute Gasteiger partial charge is 0.497 e. The summed E-state index contributed by atoms with van der Waals surface area (Å²) in [5, 5.41) is 11.9. The number of para-hydroxylation sites is 1. The molecule has 0 unspecified atom stereocenters. The maximum atomic E-state index is 12.2. The van der Waals surface area contributed by atoms with E-state index in [2.05, 4.69) is 15.5 Å². The van der Waals surface area contributed by atoms with Crippen molar-refractivity contribution in [2.24, 2.45) is 7.05 Å². The number of thioether (sulfide) groups is 1. The standard InChI is InChI=1S/C20H22N4O3S/c1-14(27-17-7-5-4-6-8-17)19-22-23-20(24(19)2)28-13-18(25)21-15-9-11-16(26-3)12-10-15/h4-12,14H,13H2,1-3H3,(H,21,25)/t14-/m0/s1. The minimum Gasteiger partial charge on any atom is -0.497 e. The van der Waals surface area contributed by atoms with Crippen molar-refractivity contribution in [2.45, 2.75) is 18.2 Å². The zero-order chi connectivity index (χ0) is 19.9. The lowest BCUT2D eigenvalue weighted by Gasteiger charge is -2.14. The molecule has 0 radical (unpaired) electrons. The molecule has 8 heteroatoms. The summed E-state index contributed by atoms with van der Waals surface area (Å²) in [6, 6.07) is 16.7. The fraction of sp³-hybridized carbons (Fsp3) is 0.250. The number of carbonyl (C=O) groups excluding carboxylic acids is 1. The molecule has 146 valence electrons. The first-order valence-corrected chi connectivity index (χ1v) is 9.73. The number of nitrogens with one attached hydrogen (secondary N) is 1. The van der Waals surface area contributed by atoms with Crippen molar-refractivity contribution in [1.82, 2.24) is 14.8 Å². The highest BCUT2D eigenvalue weighted by Gasteiger charge is 2.18. The summed E-state index contributed by atoms with van der Waals surface area (Å²) in [5.74, 6) is 2.32. The minimum absolute atomic E-state index is 0.117. The number of benzene rings is 2. The van der Waals surface area contributed by atoms with Gasteiger partial charge in [-0.15, -0.1) is 10.2 Å². The van der Waals surface area contributed by atoms with Crippen LogP contribution in [0.2, 0.25) is 0 Å². The van der Waals surface area contributed by atoms with Crippen LogP contribution in [0, 0.1) is 0 Å². The van der Waals surface area contributed by atoms with Gasteiger partial charge in [0.25, 0.3) is 0 Å². The molecule has 1 amide bonds. The van der Waals surface area contributed by atoms with E-state index in [4.69, 9.17) is 9.47 Å². The quantitative estimate of drug-likeness (QED) is 0.583. The van der Waals surface area contributed by atoms with Gasteiger partial charge >= 0.3 is 0 Å². The highest BCUT2D eigenvalue weighted by Crippen LogP contribution is 2.23. The van der Waals surface area contributed by atoms with Gasteiger partial charge in [-0.3, -0.25) is 4.79 Å². The topological polar surface area (TPSA) is 78.3 Å². The second kappa shape index (κ2) is 9.27. The Morgan fingerprint density at radius 3 is 2.50 bits per heavy atom. The number of carbonyl (C=O) groups is 1. The Labute approximate surface area is 168 Å². The lowest BCUT2D eigenvalue weighted by Crippen LogP contribution is -2.14. The number of aromatic nitrogens is 3. The summed E-state index contributed by atoms with van der Waals surface area (Å²) in [7, 11) is 3.47. The predicted molar refractivity (Wildman–Crippen MR) is 109 cm³/mol. The first-order valence-electron chi connectivity index (χ1n) is 8.74. The monoisotopic (exact) mass is 398 g/mol. The van der Waals surface area contributed by atoms with Crippen molar-refractivity contribution >= 4 is 23.4 Å². The first-order chi connectivity index (χ1) is 13.6. The van der Waals surface area contributed by atoms with Gasteiger partial charge in [0.15, 0.2) is 17.1 Å². The lowest BCUT2D eigenvalue weighted by atomic mass is 10.3. The van der Waals surface area contributed by atoms with Crippen LogP contribution < -0.4 is 14.8 Å². The summed E-state index contributed by atoms with van der Waals surface area (Å²) in [5.41, 5.74) is 0.718. The number of anilines is 1. The summed E-state index contributed by atoms with van der Waals surface area (Å²) in [6.07, 6.45) is -0.262. The number of methoxy groups -OCH3 is 1. The van der Waals surface area contributed by atoms with E-state index in [0.717, 1.165) is 17.2 Å². The van der Waals surface area contributed by atoms with Gasteiger partial charge in [-0.25, -0.2) is 0 Å². The molecule has 0 saturated heterocycles. The Bertz CT molecular complexity index is 913. The van der Waals surface area contributed by atoms with Crippen LogP contribution in [0.4, 0.5) is 5.69 Å². The van der Waals surface area contributed by atoms with Gasteiger partial charge in [0, 0.05) is 12.7 Å². The van der Waals surface area contributed by atoms with Crippen LogP contribution in [0.3, 0.4) is 0 Å². The fourth-order valence-electron chi connectivity index (χ4n) is 2.56. The molecule has 0 fully saturated rings. The van der Waals surface area contributed by atoms with Gasteiger partial charge in [0.1, 0.15) is 11.5 Å². The molecule has 0 aliphatic rings. The van der Waals surface area contributed by atoms with Crippen LogP contribution in [0.15, 0.2) is 59.8 Å². The Kier molecular flexibility index (Phi) is 6.54. The highest BCUT2D eigenvalue weighted by atomic mass is 32.2. The van der Waals surface area contributed by atoms with Crippen molar-refractivity contribution in [3.05, 3.63) is 60.4 Å². The van der Waals surface area contributed by atoms with Crippen LogP contribution >= 0.6 is 11.8 Å². The fourth-order valence-corrected chi connectivity index (χ4v) is 3.28. The molecule has 0 aliphatic heterocycles. The van der Waals surface area contributed by atoms with Crippen molar-refractivity contribution in [2.75, 3.05) is 18.2 Å². The molecule has 3 aromatic rings. The third kappa shape index (κ3) is 5.04. The SMILES string of the molecule is COc1ccc(NC(=O)CSc2nnc([C@H](C)Oc3ccccc3)n2C)cc1. The lowest BCUT2D eigenvalue weighted by molar-refractivity contribution is -0.113. The Morgan fingerprint density at radius 1 is 1.11 bits per heavy atom. The van der Waals surface area contributed by atoms with Crippen LogP contribution in [0.1, 0.15) is 18.9 Å². The van der Waals surface area contributed by atoms with Crippen molar-refractivity contribution in [3.63, 3.8) is 0 Å². The van der Waals surface area contributed by atoms with Gasteiger partial charge in [0.05, 0.1) is 12.9 Å². The summed E-state index contributed by atoms with van der Waals surface area (Å²) < 4.78 is 12.8. The third-order valence-electron chi connectivity index (χ3n) is 3.99. The van der Waals surface area contributed by atoms with E-state index in [1.807, 2.05) is 48.9 Å². The third-order valence-corrected chi connectivity index (χ3v) is 5.01. The second-order valence-electron chi connectivity index (χ2n) is 6.04. The molecule has 1 N–H and O–H groups in total. The predicted octanol–water partition coefficient (Wildman–Crippen LogP) is 3.69. The minimum atomic E-state index is -0.262. The molecule has 2 aromatic carbocycles. The number of nitrogens with zero attached hydrogens (tertiary/aromatic N) is 3. The number of hydrogen-bond acceptors (Lipinski definition) is 6. The molecule has 0 bridgehead atoms. The molecule has 1 heterocycles. The zero-order valence-corrected chi connectivity index (χ0v) is 16.8. The number of rotatable bonds is 8. The number of amides is 1. The van der Waals surface area contributed by atoms with Crippen LogP contribution in [-0.4, -0.2) is 33.5 Å². The van der Waals surface area contributed by atoms with E-state index in [1.54, 1.807) is 31.4 Å². The normalized spacial score (nSPS) is 11.7. The molecule has 0 spiro atoms. The molecule has 3 rings (SSSR count). The summed E-state index contributed by atoms with van der Waals surface area (Å²) in [4.78, 5) is 12.2. The van der Waals surface area contributed by atoms with Crippen LogP contribution in [-0.2, 0) is 11.8 Å². The van der Waals surface area contributed by atoms with E-state index in [-0.39, 0.29) is 17.8 Å². The smallest absolute Gasteiger partial charge is 0.234 e. The number of hydrogen-bond donors (Lipinski definition) is 1. The van der Waals surface area contributed by atoms with Gasteiger partial charge in [0.2, 0.25) is 5.91 Å². The van der Waals surface area contributed by atoms with Crippen LogP contribution in [0.5, 0.6) is 11.5 Å². The molecule has 1 aromatic heterocycles. The average Bonchev–Trinajstić information content (AvgIpc) is 3.08. The molecule has 0 aliphatic carbocycles. The van der Waals surface area contributed by atoms with E-state index >= 15 is 0 Å². The highest BCUT2D eigenvalue weighted by molar-refractivity contribution is 7.99. The Balaban J connectivity index is 1.55. The molecule has 28 heavy (non-hydrogen) atoms. The molecular weight excluding hydrogens is 376 g/mol. The summed E-state index contributed by atoms with van der Waals surface area (Å²) >= 11 is 1.32. The van der Waals surface area contributed by atoms with E-state index in [1.165, 1.54) is 11.8 Å². The van der Waals surface area contributed by atoms with Crippen molar-refractivity contribution in [3.8, 4) is 11.5 Å². The Hall–Kier alpha value is -3.00. The maximum Gasteiger partial charge on any atom is 0.234 e. The van der Waals surface area contributed by atoms with Gasteiger partial charge in [-0.2, -0.15) is 0 Å². The average molecular weight is 398 g/mol. The summed E-state index contributed by atoms with van der Waals surface area (Å²) in [6.45, 7) is 1.92. The van der Waals surface area contributed by atoms with Gasteiger partial charge in [-0.05, 0) is 43.3 Å². The zero-order valence-electron chi connectivity index (χ0n) is 16.0.